The lowest BCUT2D eigenvalue weighted by atomic mass is 10.0. The van der Waals surface area contributed by atoms with Gasteiger partial charge in [0, 0.05) is 25.7 Å². The Morgan fingerprint density at radius 2 is 0.784 bits per heavy atom. The number of hydrogen-bond acceptors (Lipinski definition) is 7. The predicted octanol–water partition coefficient (Wildman–Crippen LogP) is 2.03. The van der Waals surface area contributed by atoms with E-state index < -0.39 is 59.8 Å². The van der Waals surface area contributed by atoms with Crippen molar-refractivity contribution in [1.29, 1.82) is 0 Å². The number of phenolic OH excluding ortho intramolecular Hbond substituents is 1. The number of hydrogen-bond donors (Lipinski definition) is 7. The minimum absolute atomic E-state index is 0.00408. The lowest BCUT2D eigenvalue weighted by Gasteiger charge is -2.27. The summed E-state index contributed by atoms with van der Waals surface area (Å²) in [6.07, 6.45) is 0.110. The molecule has 0 heterocycles. The van der Waals surface area contributed by atoms with Crippen molar-refractivity contribution in [3.63, 3.8) is 0 Å². The highest BCUT2D eigenvalue weighted by Gasteiger charge is 2.32. The Balaban J connectivity index is 1.61. The average Bonchev–Trinajstić information content (AvgIpc) is 3.12. The number of carboxylic acid groups (broad SMARTS) is 1. The fourth-order valence-corrected chi connectivity index (χ4v) is 5.37. The molecule has 8 N–H and O–H groups in total. The van der Waals surface area contributed by atoms with Gasteiger partial charge in [0.2, 0.25) is 23.6 Å². The summed E-state index contributed by atoms with van der Waals surface area (Å²) in [6, 6.07) is 27.1. The summed E-state index contributed by atoms with van der Waals surface area (Å²) < 4.78 is 0. The SMILES string of the molecule is C[C@@H](N)C(=O)N[C@H](Cc1ccccc1)C(=O)N[C@H](Cc1ccccc1)C(=O)N[C@H](Cc1ccc(O)cc1)C(=O)N[C@H](Cc1ccccc1)C(=O)O. The maximum absolute atomic E-state index is 14.1. The Morgan fingerprint density at radius 1 is 0.490 bits per heavy atom. The number of amides is 4. The van der Waals surface area contributed by atoms with E-state index in [9.17, 15) is 34.2 Å². The van der Waals surface area contributed by atoms with Crippen molar-refractivity contribution in [3.05, 3.63) is 138 Å². The standard InChI is InChI=1S/C39H43N5O7/c1-25(40)35(46)41-31(21-26-11-5-2-6-12-26)36(47)42-32(22-27-13-7-3-8-14-27)37(48)43-33(23-29-17-19-30(45)20-18-29)38(49)44-34(39(50)51)24-28-15-9-4-10-16-28/h2-20,25,31-34,45H,21-24,40H2,1H3,(H,41,46)(H,42,47)(H,43,48)(H,44,49)(H,50,51)/t25-,31-,32-,33-,34-/m1/s1. The summed E-state index contributed by atoms with van der Waals surface area (Å²) in [7, 11) is 0. The van der Waals surface area contributed by atoms with Crippen LogP contribution in [0.1, 0.15) is 29.2 Å². The van der Waals surface area contributed by atoms with Crippen LogP contribution in [0.2, 0.25) is 0 Å². The highest BCUT2D eigenvalue weighted by Crippen LogP contribution is 2.13. The third-order valence-electron chi connectivity index (χ3n) is 8.15. The number of rotatable bonds is 17. The van der Waals surface area contributed by atoms with Gasteiger partial charge in [-0.1, -0.05) is 103 Å². The first-order valence-corrected chi connectivity index (χ1v) is 16.6. The Bertz CT molecular complexity index is 1750. The molecule has 0 saturated heterocycles. The van der Waals surface area contributed by atoms with Gasteiger partial charge in [-0.2, -0.15) is 0 Å². The number of aliphatic carboxylic acids is 1. The topological polar surface area (TPSA) is 200 Å². The molecule has 0 bridgehead atoms. The molecule has 4 aromatic carbocycles. The minimum atomic E-state index is -1.30. The smallest absolute Gasteiger partial charge is 0.326 e. The summed E-state index contributed by atoms with van der Waals surface area (Å²) in [5, 5.41) is 30.5. The zero-order chi connectivity index (χ0) is 36.8. The molecule has 0 aromatic heterocycles. The van der Waals surface area contributed by atoms with Gasteiger partial charge in [-0.15, -0.1) is 0 Å². The Morgan fingerprint density at radius 3 is 1.12 bits per heavy atom. The Hall–Kier alpha value is -6.01. The molecule has 0 aliphatic rings. The van der Waals surface area contributed by atoms with Crippen molar-refractivity contribution >= 4 is 29.6 Å². The molecule has 5 atom stereocenters. The summed E-state index contributed by atoms with van der Waals surface area (Å²) in [6.45, 7) is 1.49. The van der Waals surface area contributed by atoms with Crippen molar-refractivity contribution in [2.24, 2.45) is 5.73 Å². The number of aromatic hydroxyl groups is 1. The Kier molecular flexibility index (Phi) is 13.8. The monoisotopic (exact) mass is 693 g/mol. The summed E-state index contributed by atoms with van der Waals surface area (Å²) in [5.74, 6) is -3.91. The first-order chi connectivity index (χ1) is 24.5. The van der Waals surface area contributed by atoms with E-state index in [0.29, 0.717) is 16.7 Å². The summed E-state index contributed by atoms with van der Waals surface area (Å²) >= 11 is 0. The van der Waals surface area contributed by atoms with Crippen LogP contribution in [-0.2, 0) is 49.7 Å². The predicted molar refractivity (Wildman–Crippen MR) is 191 cm³/mol. The van der Waals surface area contributed by atoms with E-state index in [4.69, 9.17) is 5.73 Å². The average molecular weight is 694 g/mol. The van der Waals surface area contributed by atoms with E-state index in [0.717, 1.165) is 5.56 Å². The van der Waals surface area contributed by atoms with Crippen LogP contribution in [0.5, 0.6) is 5.75 Å². The molecule has 266 valence electrons. The van der Waals surface area contributed by atoms with Crippen LogP contribution in [-0.4, -0.2) is 70.0 Å². The first-order valence-electron chi connectivity index (χ1n) is 16.6. The minimum Gasteiger partial charge on any atom is -0.508 e. The molecule has 0 saturated carbocycles. The molecule has 0 aliphatic carbocycles. The third kappa shape index (κ3) is 12.1. The van der Waals surface area contributed by atoms with Crippen LogP contribution < -0.4 is 27.0 Å². The van der Waals surface area contributed by atoms with Gasteiger partial charge in [-0.25, -0.2) is 4.79 Å². The molecular formula is C39H43N5O7. The van der Waals surface area contributed by atoms with E-state index in [-0.39, 0.29) is 31.4 Å². The van der Waals surface area contributed by atoms with Crippen LogP contribution >= 0.6 is 0 Å². The molecule has 51 heavy (non-hydrogen) atoms. The largest absolute Gasteiger partial charge is 0.508 e. The fourth-order valence-electron chi connectivity index (χ4n) is 5.37. The second-order valence-corrected chi connectivity index (χ2v) is 12.3. The van der Waals surface area contributed by atoms with E-state index >= 15 is 0 Å². The van der Waals surface area contributed by atoms with Gasteiger partial charge in [0.1, 0.15) is 29.9 Å². The number of nitrogens with two attached hydrogens (primary N) is 1. The second kappa shape index (κ2) is 18.7. The summed E-state index contributed by atoms with van der Waals surface area (Å²) in [5.41, 5.74) is 8.53. The van der Waals surface area contributed by atoms with Crippen molar-refractivity contribution in [2.45, 2.75) is 62.8 Å². The molecule has 0 unspecified atom stereocenters. The molecule has 0 radical (unpaired) electrons. The molecule has 4 amide bonds. The molecule has 0 spiro atoms. The zero-order valence-electron chi connectivity index (χ0n) is 28.2. The van der Waals surface area contributed by atoms with Gasteiger partial charge >= 0.3 is 5.97 Å². The fraction of sp³-hybridized carbons (Fsp3) is 0.256. The highest BCUT2D eigenvalue weighted by atomic mass is 16.4. The number of phenols is 1. The van der Waals surface area contributed by atoms with Crippen molar-refractivity contribution in [1.82, 2.24) is 21.3 Å². The second-order valence-electron chi connectivity index (χ2n) is 12.3. The van der Waals surface area contributed by atoms with Gasteiger partial charge in [0.25, 0.3) is 0 Å². The molecule has 12 heteroatoms. The summed E-state index contributed by atoms with van der Waals surface area (Å²) in [4.78, 5) is 66.5. The molecule has 0 aliphatic heterocycles. The van der Waals surface area contributed by atoms with E-state index in [1.165, 1.54) is 19.1 Å². The van der Waals surface area contributed by atoms with E-state index in [2.05, 4.69) is 21.3 Å². The first kappa shape index (κ1) is 37.8. The number of carboxylic acids is 1. The van der Waals surface area contributed by atoms with Gasteiger partial charge < -0.3 is 37.2 Å². The van der Waals surface area contributed by atoms with E-state index in [1.807, 2.05) is 12.1 Å². The molecule has 12 nitrogen and oxygen atoms in total. The molecule has 4 rings (SSSR count). The maximum Gasteiger partial charge on any atom is 0.326 e. The van der Waals surface area contributed by atoms with Gasteiger partial charge in [-0.3, -0.25) is 19.2 Å². The van der Waals surface area contributed by atoms with Gasteiger partial charge in [0.05, 0.1) is 6.04 Å². The molecule has 4 aromatic rings. The lowest BCUT2D eigenvalue weighted by Crippen LogP contribution is -2.59. The Labute approximate surface area is 296 Å². The zero-order valence-corrected chi connectivity index (χ0v) is 28.2. The molecule has 0 fully saturated rings. The van der Waals surface area contributed by atoms with Gasteiger partial charge in [-0.05, 0) is 41.3 Å². The van der Waals surface area contributed by atoms with Crippen LogP contribution in [0, 0.1) is 0 Å². The normalized spacial score (nSPS) is 13.8. The maximum atomic E-state index is 14.1. The van der Waals surface area contributed by atoms with Crippen molar-refractivity contribution in [2.75, 3.05) is 0 Å². The number of benzene rings is 4. The van der Waals surface area contributed by atoms with Gasteiger partial charge in [0.15, 0.2) is 0 Å². The quantitative estimate of drug-likeness (QED) is 0.0871. The number of carbonyl (C=O) groups excluding carboxylic acids is 4. The van der Waals surface area contributed by atoms with Crippen LogP contribution in [0.3, 0.4) is 0 Å². The van der Waals surface area contributed by atoms with Crippen LogP contribution in [0.4, 0.5) is 0 Å². The highest BCUT2D eigenvalue weighted by molar-refractivity contribution is 5.95. The van der Waals surface area contributed by atoms with E-state index in [1.54, 1.807) is 91.0 Å². The van der Waals surface area contributed by atoms with Crippen molar-refractivity contribution < 1.29 is 34.2 Å². The molecular weight excluding hydrogens is 650 g/mol. The third-order valence-corrected chi connectivity index (χ3v) is 8.15. The number of carbonyl (C=O) groups is 5. The lowest BCUT2D eigenvalue weighted by molar-refractivity contribution is -0.142. The van der Waals surface area contributed by atoms with Crippen LogP contribution in [0.25, 0.3) is 0 Å². The van der Waals surface area contributed by atoms with Crippen LogP contribution in [0.15, 0.2) is 115 Å². The number of nitrogens with one attached hydrogen (secondary N) is 4. The van der Waals surface area contributed by atoms with Crippen molar-refractivity contribution in [3.8, 4) is 5.75 Å².